The first-order chi connectivity index (χ1) is 10.4. The Morgan fingerprint density at radius 2 is 1.86 bits per heavy atom. The first kappa shape index (κ1) is 22.7. The second-order valence-corrected chi connectivity index (χ2v) is 4.15. The smallest absolute Gasteiger partial charge is 0.306 e. The van der Waals surface area contributed by atoms with Crippen LogP contribution in [0, 0.1) is 0 Å². The van der Waals surface area contributed by atoms with E-state index in [1.165, 1.54) is 6.92 Å². The molecule has 0 radical (unpaired) electrons. The lowest BCUT2D eigenvalue weighted by molar-refractivity contribution is -0.144. The fourth-order valence-electron chi connectivity index (χ4n) is 1.05. The van der Waals surface area contributed by atoms with Crippen molar-refractivity contribution in [1.29, 1.82) is 0 Å². The molecule has 0 unspecified atom stereocenters. The molecule has 1 rings (SSSR count). The Morgan fingerprint density at radius 1 is 1.27 bits per heavy atom. The summed E-state index contributed by atoms with van der Waals surface area (Å²) in [5.41, 5.74) is 0. The fraction of sp³-hybridized carbons (Fsp3) is 0.600. The zero-order chi connectivity index (χ0) is 17.4. The molecule has 1 heterocycles. The molecule has 0 aliphatic carbocycles. The number of carbonyl (C=O) groups is 2. The van der Waals surface area contributed by atoms with Crippen molar-refractivity contribution in [3.05, 3.63) is 17.9 Å². The zero-order valence-corrected chi connectivity index (χ0v) is 14.3. The molecule has 22 heavy (non-hydrogen) atoms. The molecule has 0 saturated carbocycles. The molecule has 0 amide bonds. The largest absolute Gasteiger partial charge is 0.468 e. The van der Waals surface area contributed by atoms with Gasteiger partial charge in [0.25, 0.3) is 5.95 Å². The quantitative estimate of drug-likeness (QED) is 0.635. The van der Waals surface area contributed by atoms with Crippen molar-refractivity contribution in [1.82, 2.24) is 0 Å². The number of aliphatic hydroxyl groups is 1. The molecule has 0 aliphatic rings. The molecule has 0 bridgehead atoms. The molecule has 128 valence electrons. The number of hydrogen-bond acceptors (Lipinski definition) is 6. The van der Waals surface area contributed by atoms with Crippen LogP contribution in [0.2, 0.25) is 0 Å². The summed E-state index contributed by atoms with van der Waals surface area (Å²) in [6.07, 6.45) is 0.502. The number of aliphatic hydroxyl groups excluding tert-OH is 1. The van der Waals surface area contributed by atoms with E-state index in [0.717, 1.165) is 5.76 Å². The van der Waals surface area contributed by atoms with Gasteiger partial charge in [0.15, 0.2) is 0 Å². The van der Waals surface area contributed by atoms with Crippen LogP contribution in [-0.4, -0.2) is 37.2 Å². The van der Waals surface area contributed by atoms with Crippen LogP contribution in [0.25, 0.3) is 0 Å². The van der Waals surface area contributed by atoms with Crippen LogP contribution in [0.4, 0.5) is 0 Å². The number of hydrogen-bond donors (Lipinski definition) is 1. The number of alkyl halides is 1. The standard InChI is InChI=1S/C7H12O3.C6H7ClO2.C2H6O/c1-3-10-7(9)5-4-6(2)8;1-8-6-3-2-5(4-7)9-6;1-2-3/h3-5H2,1-2H3;2-3H,4H2,1H3;3H,2H2,1H3. The summed E-state index contributed by atoms with van der Waals surface area (Å²) in [7, 11) is 1.55. The maximum Gasteiger partial charge on any atom is 0.306 e. The highest BCUT2D eigenvalue weighted by Crippen LogP contribution is 2.15. The second kappa shape index (κ2) is 15.9. The molecule has 0 fully saturated rings. The number of esters is 1. The van der Waals surface area contributed by atoms with Gasteiger partial charge in [0.1, 0.15) is 11.5 Å². The van der Waals surface area contributed by atoms with E-state index in [4.69, 9.17) is 25.9 Å². The Labute approximate surface area is 136 Å². The van der Waals surface area contributed by atoms with Crippen LogP contribution in [0.1, 0.15) is 39.4 Å². The molecule has 0 spiro atoms. The summed E-state index contributed by atoms with van der Waals surface area (Å²) in [5, 5.41) is 7.57. The molecular weight excluding hydrogens is 312 g/mol. The van der Waals surface area contributed by atoms with Crippen molar-refractivity contribution in [3.63, 3.8) is 0 Å². The van der Waals surface area contributed by atoms with Gasteiger partial charge in [-0.25, -0.2) is 0 Å². The number of halogens is 1. The van der Waals surface area contributed by atoms with E-state index in [1.807, 2.05) is 0 Å². The van der Waals surface area contributed by atoms with E-state index in [0.29, 0.717) is 24.9 Å². The Kier molecular flexibility index (Phi) is 16.4. The molecule has 0 atom stereocenters. The van der Waals surface area contributed by atoms with Crippen molar-refractivity contribution in [2.75, 3.05) is 20.3 Å². The lowest BCUT2D eigenvalue weighted by atomic mass is 10.2. The average Bonchev–Trinajstić information content (AvgIpc) is 2.95. The van der Waals surface area contributed by atoms with Crippen molar-refractivity contribution in [2.24, 2.45) is 0 Å². The highest BCUT2D eigenvalue weighted by molar-refractivity contribution is 6.16. The fourth-order valence-corrected chi connectivity index (χ4v) is 1.19. The Balaban J connectivity index is 0. The van der Waals surface area contributed by atoms with E-state index in [-0.39, 0.29) is 24.8 Å². The third kappa shape index (κ3) is 14.9. The zero-order valence-electron chi connectivity index (χ0n) is 13.6. The van der Waals surface area contributed by atoms with Crippen LogP contribution in [0.3, 0.4) is 0 Å². The third-order valence-corrected chi connectivity index (χ3v) is 2.22. The minimum Gasteiger partial charge on any atom is -0.468 e. The van der Waals surface area contributed by atoms with Gasteiger partial charge in [0, 0.05) is 19.1 Å². The summed E-state index contributed by atoms with van der Waals surface area (Å²) in [6.45, 7) is 5.52. The van der Waals surface area contributed by atoms with Crippen LogP contribution in [0.5, 0.6) is 5.95 Å². The Bertz CT molecular complexity index is 384. The molecule has 6 nitrogen and oxygen atoms in total. The Hall–Kier alpha value is -1.53. The van der Waals surface area contributed by atoms with Crippen molar-refractivity contribution < 1.29 is 28.6 Å². The van der Waals surface area contributed by atoms with Crippen molar-refractivity contribution in [2.45, 2.75) is 39.5 Å². The van der Waals surface area contributed by atoms with Crippen molar-refractivity contribution >= 4 is 23.4 Å². The number of methoxy groups -OCH3 is 1. The minimum absolute atomic E-state index is 0.0213. The third-order valence-electron chi connectivity index (χ3n) is 1.96. The van der Waals surface area contributed by atoms with E-state index in [9.17, 15) is 9.59 Å². The van der Waals surface area contributed by atoms with E-state index in [2.05, 4.69) is 4.74 Å². The maximum atomic E-state index is 10.6. The van der Waals surface area contributed by atoms with Crippen molar-refractivity contribution in [3.8, 4) is 5.95 Å². The number of ketones is 1. The normalized spacial score (nSPS) is 8.82. The van der Waals surface area contributed by atoms with Gasteiger partial charge < -0.3 is 23.8 Å². The van der Waals surface area contributed by atoms with Gasteiger partial charge in [-0.1, -0.05) is 0 Å². The van der Waals surface area contributed by atoms with Gasteiger partial charge in [-0.2, -0.15) is 0 Å². The summed E-state index contributed by atoms with van der Waals surface area (Å²) in [6, 6.07) is 3.52. The SMILES string of the molecule is CCO.CCOC(=O)CCC(C)=O.COc1ccc(CCl)o1. The van der Waals surface area contributed by atoms with Gasteiger partial charge in [-0.05, 0) is 26.8 Å². The lowest BCUT2D eigenvalue weighted by Crippen LogP contribution is -2.05. The van der Waals surface area contributed by atoms with E-state index >= 15 is 0 Å². The van der Waals surface area contributed by atoms with Gasteiger partial charge in [0.05, 0.1) is 26.0 Å². The number of rotatable bonds is 6. The number of furan rings is 1. The summed E-state index contributed by atoms with van der Waals surface area (Å²) in [5.74, 6) is 1.36. The molecule has 1 aromatic rings. The molecule has 1 aromatic heterocycles. The first-order valence-electron chi connectivity index (χ1n) is 6.89. The highest BCUT2D eigenvalue weighted by Gasteiger charge is 2.02. The number of carbonyl (C=O) groups excluding carboxylic acids is 2. The average molecular weight is 337 g/mol. The molecule has 0 aliphatic heterocycles. The predicted molar refractivity (Wildman–Crippen MR) is 84.1 cm³/mol. The van der Waals surface area contributed by atoms with Gasteiger partial charge in [-0.3, -0.25) is 4.79 Å². The first-order valence-corrected chi connectivity index (χ1v) is 7.43. The molecular formula is C15H25ClO6. The highest BCUT2D eigenvalue weighted by atomic mass is 35.5. The monoisotopic (exact) mass is 336 g/mol. The minimum atomic E-state index is -0.294. The Morgan fingerprint density at radius 3 is 2.18 bits per heavy atom. The molecule has 7 heteroatoms. The van der Waals surface area contributed by atoms with Gasteiger partial charge in [0.2, 0.25) is 0 Å². The van der Waals surface area contributed by atoms with Crippen LogP contribution in [-0.2, 0) is 20.2 Å². The van der Waals surface area contributed by atoms with Gasteiger partial charge in [-0.15, -0.1) is 11.6 Å². The maximum absolute atomic E-state index is 10.6. The number of Topliss-reactive ketones (excluding diaryl/α,β-unsaturated/α-hetero) is 1. The van der Waals surface area contributed by atoms with E-state index < -0.39 is 0 Å². The molecule has 0 saturated heterocycles. The lowest BCUT2D eigenvalue weighted by Gasteiger charge is -1.97. The summed E-state index contributed by atoms with van der Waals surface area (Å²) in [4.78, 5) is 20.9. The number of ether oxygens (including phenoxy) is 2. The van der Waals surface area contributed by atoms with Gasteiger partial charge >= 0.3 is 5.97 Å². The second-order valence-electron chi connectivity index (χ2n) is 3.88. The topological polar surface area (TPSA) is 86.0 Å². The molecule has 1 N–H and O–H groups in total. The van der Waals surface area contributed by atoms with Crippen LogP contribution in [0.15, 0.2) is 16.5 Å². The van der Waals surface area contributed by atoms with Crippen LogP contribution < -0.4 is 4.74 Å². The van der Waals surface area contributed by atoms with Crippen LogP contribution >= 0.6 is 11.6 Å². The summed E-state index contributed by atoms with van der Waals surface area (Å²) >= 11 is 5.45. The predicted octanol–water partition coefficient (Wildman–Crippen LogP) is 2.94. The summed E-state index contributed by atoms with van der Waals surface area (Å²) < 4.78 is 14.4. The molecule has 0 aromatic carbocycles. The van der Waals surface area contributed by atoms with E-state index in [1.54, 1.807) is 33.1 Å².